The van der Waals surface area contributed by atoms with E-state index in [1.54, 1.807) is 0 Å². The van der Waals surface area contributed by atoms with Crippen molar-refractivity contribution in [3.63, 3.8) is 0 Å². The van der Waals surface area contributed by atoms with E-state index in [0.29, 0.717) is 4.91 Å². The molecule has 0 atom stereocenters. The quantitative estimate of drug-likeness (QED) is 0.728. The zero-order valence-corrected chi connectivity index (χ0v) is 16.7. The van der Waals surface area contributed by atoms with Crippen LogP contribution in [0.25, 0.3) is 6.08 Å². The molecular weight excluding hydrogens is 366 g/mol. The molecule has 2 aromatic carbocycles. The van der Waals surface area contributed by atoms with Gasteiger partial charge >= 0.3 is 0 Å². The molecule has 2 aliphatic rings. The summed E-state index contributed by atoms with van der Waals surface area (Å²) in [7, 11) is 0. The van der Waals surface area contributed by atoms with Crippen molar-refractivity contribution in [2.24, 2.45) is 4.99 Å². The Morgan fingerprint density at radius 2 is 1.54 bits per heavy atom. The monoisotopic (exact) mass is 389 g/mol. The molecular formula is C23H23N3OS. The third kappa shape index (κ3) is 4.37. The number of piperazine rings is 1. The normalized spacial score (nSPS) is 19.3. The second kappa shape index (κ2) is 8.48. The van der Waals surface area contributed by atoms with Crippen LogP contribution in [0.1, 0.15) is 12.5 Å². The summed E-state index contributed by atoms with van der Waals surface area (Å²) in [6.07, 6.45) is 4.02. The number of benzene rings is 2. The number of nitrogens with zero attached hydrogens (tertiary/aromatic N) is 3. The molecule has 142 valence electrons. The maximum absolute atomic E-state index is 12.4. The fourth-order valence-corrected chi connectivity index (χ4v) is 4.40. The number of anilines is 1. The summed E-state index contributed by atoms with van der Waals surface area (Å²) in [4.78, 5) is 22.0. The summed E-state index contributed by atoms with van der Waals surface area (Å²) in [5, 5.41) is 0.830. The lowest BCUT2D eigenvalue weighted by molar-refractivity contribution is -0.113. The van der Waals surface area contributed by atoms with Gasteiger partial charge in [0, 0.05) is 31.9 Å². The Hall–Kier alpha value is -2.79. The molecule has 2 aromatic rings. The van der Waals surface area contributed by atoms with E-state index < -0.39 is 0 Å². The van der Waals surface area contributed by atoms with Crippen molar-refractivity contribution in [3.05, 3.63) is 82.8 Å². The Balaban J connectivity index is 1.38. The van der Waals surface area contributed by atoms with Crippen LogP contribution in [0.2, 0.25) is 0 Å². The molecule has 0 spiro atoms. The minimum atomic E-state index is -0.133. The van der Waals surface area contributed by atoms with E-state index in [1.807, 2.05) is 37.3 Å². The third-order valence-electron chi connectivity index (χ3n) is 4.83. The summed E-state index contributed by atoms with van der Waals surface area (Å²) in [6, 6.07) is 20.6. The van der Waals surface area contributed by atoms with Gasteiger partial charge in [-0.1, -0.05) is 54.6 Å². The van der Waals surface area contributed by atoms with Gasteiger partial charge in [0.05, 0.1) is 4.91 Å². The van der Waals surface area contributed by atoms with Crippen molar-refractivity contribution in [2.75, 3.05) is 31.1 Å². The summed E-state index contributed by atoms with van der Waals surface area (Å²) < 4.78 is 0. The molecule has 0 unspecified atom stereocenters. The molecule has 2 aliphatic heterocycles. The van der Waals surface area contributed by atoms with Crippen molar-refractivity contribution in [1.82, 2.24) is 4.90 Å². The first-order valence-electron chi connectivity index (χ1n) is 9.50. The summed E-state index contributed by atoms with van der Waals surface area (Å²) in [5.41, 5.74) is 3.43. The number of hydrogen-bond acceptors (Lipinski definition) is 4. The predicted molar refractivity (Wildman–Crippen MR) is 118 cm³/mol. The first kappa shape index (κ1) is 18.6. The van der Waals surface area contributed by atoms with Crippen LogP contribution in [0.3, 0.4) is 0 Å². The van der Waals surface area contributed by atoms with Gasteiger partial charge < -0.3 is 9.80 Å². The molecule has 1 amide bonds. The van der Waals surface area contributed by atoms with Gasteiger partial charge in [0.15, 0.2) is 5.17 Å². The number of amidine groups is 1. The van der Waals surface area contributed by atoms with Gasteiger partial charge in [0.2, 0.25) is 0 Å². The van der Waals surface area contributed by atoms with Crippen molar-refractivity contribution < 1.29 is 4.79 Å². The molecule has 2 heterocycles. The van der Waals surface area contributed by atoms with E-state index in [1.165, 1.54) is 17.4 Å². The van der Waals surface area contributed by atoms with Gasteiger partial charge in [0.25, 0.3) is 5.91 Å². The Morgan fingerprint density at radius 3 is 2.21 bits per heavy atom. The second-order valence-electron chi connectivity index (χ2n) is 6.92. The average Bonchev–Trinajstić information content (AvgIpc) is 3.09. The van der Waals surface area contributed by atoms with Gasteiger partial charge in [0.1, 0.15) is 0 Å². The minimum absolute atomic E-state index is 0.133. The fraction of sp³-hybridized carbons (Fsp3) is 0.217. The summed E-state index contributed by atoms with van der Waals surface area (Å²) in [6.45, 7) is 5.64. The Morgan fingerprint density at radius 1 is 0.929 bits per heavy atom. The number of hydrogen-bond donors (Lipinski definition) is 0. The highest BCUT2D eigenvalue weighted by Crippen LogP contribution is 2.30. The van der Waals surface area contributed by atoms with Gasteiger partial charge in [-0.05, 0) is 48.0 Å². The Kier molecular flexibility index (Phi) is 5.63. The SMILES string of the molecule is CC(/C=C1\SC(N2CCN(c3ccccc3)CC2)=NC1=O)=C\c1ccccc1. The van der Waals surface area contributed by atoms with Crippen LogP contribution in [0.5, 0.6) is 0 Å². The number of carbonyl (C=O) groups excluding carboxylic acids is 1. The molecule has 0 N–H and O–H groups in total. The molecule has 0 aromatic heterocycles. The topological polar surface area (TPSA) is 35.9 Å². The lowest BCUT2D eigenvalue weighted by Crippen LogP contribution is -2.47. The molecule has 0 radical (unpaired) electrons. The number of aliphatic imine (C=N–C) groups is 1. The van der Waals surface area contributed by atoms with Crippen LogP contribution in [0.4, 0.5) is 5.69 Å². The lowest BCUT2D eigenvalue weighted by atomic mass is 10.1. The molecule has 4 rings (SSSR count). The largest absolute Gasteiger partial charge is 0.368 e. The standard InChI is InChI=1S/C23H23N3OS/c1-18(16-19-8-4-2-5-9-19)17-21-22(27)24-23(28-21)26-14-12-25(13-15-26)20-10-6-3-7-11-20/h2-11,16-17H,12-15H2,1H3/b18-16+,21-17-. The van der Waals surface area contributed by atoms with Gasteiger partial charge in [-0.25, -0.2) is 0 Å². The first-order chi connectivity index (χ1) is 13.7. The number of carbonyl (C=O) groups is 1. The number of amides is 1. The van der Waals surface area contributed by atoms with E-state index in [9.17, 15) is 4.79 Å². The Labute approximate surface area is 170 Å². The predicted octanol–water partition coefficient (Wildman–Crippen LogP) is 4.43. The van der Waals surface area contributed by atoms with Gasteiger partial charge in [-0.15, -0.1) is 0 Å². The maximum Gasteiger partial charge on any atom is 0.286 e. The molecule has 1 fully saturated rings. The van der Waals surface area contributed by atoms with Crippen LogP contribution in [-0.4, -0.2) is 42.2 Å². The molecule has 28 heavy (non-hydrogen) atoms. The number of para-hydroxylation sites is 1. The summed E-state index contributed by atoms with van der Waals surface area (Å²) in [5.74, 6) is -0.133. The van der Waals surface area contributed by atoms with Crippen molar-refractivity contribution >= 4 is 34.6 Å². The van der Waals surface area contributed by atoms with E-state index >= 15 is 0 Å². The van der Waals surface area contributed by atoms with Crippen molar-refractivity contribution in [3.8, 4) is 0 Å². The minimum Gasteiger partial charge on any atom is -0.368 e. The molecule has 4 nitrogen and oxygen atoms in total. The van der Waals surface area contributed by atoms with Crippen LogP contribution in [0.15, 0.2) is 82.2 Å². The van der Waals surface area contributed by atoms with Crippen LogP contribution in [0, 0.1) is 0 Å². The van der Waals surface area contributed by atoms with E-state index in [-0.39, 0.29) is 5.91 Å². The molecule has 5 heteroatoms. The van der Waals surface area contributed by atoms with Crippen LogP contribution >= 0.6 is 11.8 Å². The van der Waals surface area contributed by atoms with Crippen molar-refractivity contribution in [1.29, 1.82) is 0 Å². The summed E-state index contributed by atoms with van der Waals surface area (Å²) >= 11 is 1.49. The second-order valence-corrected chi connectivity index (χ2v) is 7.93. The zero-order chi connectivity index (χ0) is 19.3. The van der Waals surface area contributed by atoms with Crippen molar-refractivity contribution in [2.45, 2.75) is 6.92 Å². The first-order valence-corrected chi connectivity index (χ1v) is 10.3. The number of thioether (sulfide) groups is 1. The maximum atomic E-state index is 12.4. The smallest absolute Gasteiger partial charge is 0.286 e. The lowest BCUT2D eigenvalue weighted by Gasteiger charge is -2.36. The molecule has 1 saturated heterocycles. The van der Waals surface area contributed by atoms with Gasteiger partial charge in [-0.3, -0.25) is 4.79 Å². The molecule has 0 bridgehead atoms. The fourth-order valence-electron chi connectivity index (χ4n) is 3.39. The molecule has 0 saturated carbocycles. The number of rotatable bonds is 3. The average molecular weight is 390 g/mol. The highest BCUT2D eigenvalue weighted by Gasteiger charge is 2.28. The van der Waals surface area contributed by atoms with Crippen LogP contribution in [-0.2, 0) is 4.79 Å². The number of allylic oxidation sites excluding steroid dienone is 2. The van der Waals surface area contributed by atoms with Gasteiger partial charge in [-0.2, -0.15) is 4.99 Å². The van der Waals surface area contributed by atoms with E-state index in [4.69, 9.17) is 0 Å². The Bertz CT molecular complexity index is 927. The van der Waals surface area contributed by atoms with E-state index in [0.717, 1.165) is 42.5 Å². The highest BCUT2D eigenvalue weighted by atomic mass is 32.2. The third-order valence-corrected chi connectivity index (χ3v) is 5.88. The van der Waals surface area contributed by atoms with Crippen LogP contribution < -0.4 is 4.90 Å². The van der Waals surface area contributed by atoms with E-state index in [2.05, 4.69) is 57.3 Å². The highest BCUT2D eigenvalue weighted by molar-refractivity contribution is 8.18. The zero-order valence-electron chi connectivity index (χ0n) is 15.9. The molecule has 0 aliphatic carbocycles.